The lowest BCUT2D eigenvalue weighted by Crippen LogP contribution is -2.29. The highest BCUT2D eigenvalue weighted by atomic mass is 31.2. The Morgan fingerprint density at radius 2 is 0.662 bits per heavy atom. The normalized spacial score (nSPS) is 13.0. The van der Waals surface area contributed by atoms with Crippen LogP contribution in [0, 0.1) is 0 Å². The number of phosphoric acid groups is 1. The zero-order valence-corrected chi connectivity index (χ0v) is 44.2. The maximum Gasteiger partial charge on any atom is 0.472 e. The lowest BCUT2D eigenvalue weighted by atomic mass is 10.0. The molecular weight excluding hydrogens is 834 g/mol. The van der Waals surface area contributed by atoms with Gasteiger partial charge in [0.15, 0.2) is 6.10 Å². The third-order valence-corrected chi connectivity index (χ3v) is 14.0. The smallest absolute Gasteiger partial charge is 0.462 e. The number of hydrogen-bond donors (Lipinski definition) is 2. The van der Waals surface area contributed by atoms with Crippen LogP contribution in [0.1, 0.15) is 309 Å². The summed E-state index contributed by atoms with van der Waals surface area (Å²) in [5.41, 5.74) is 5.38. The quantitative estimate of drug-likeness (QED) is 0.0347. The van der Waals surface area contributed by atoms with Crippen molar-refractivity contribution in [2.75, 3.05) is 26.4 Å². The molecule has 3 N–H and O–H groups in total. The summed E-state index contributed by atoms with van der Waals surface area (Å²) in [7, 11) is -4.38. The van der Waals surface area contributed by atoms with Crippen LogP contribution >= 0.6 is 7.82 Å². The minimum atomic E-state index is -4.38. The summed E-state index contributed by atoms with van der Waals surface area (Å²) in [5, 5.41) is 0. The van der Waals surface area contributed by atoms with E-state index < -0.39 is 26.5 Å². The second-order valence-electron chi connectivity index (χ2n) is 19.5. The Balaban J connectivity index is 3.92. The van der Waals surface area contributed by atoms with E-state index in [9.17, 15) is 19.0 Å². The molecule has 0 aliphatic heterocycles. The zero-order valence-electron chi connectivity index (χ0n) is 43.3. The zero-order chi connectivity index (χ0) is 47.4. The summed E-state index contributed by atoms with van der Waals surface area (Å²) in [6.07, 6.45) is 57.3. The van der Waals surface area contributed by atoms with Crippen LogP contribution in [0.25, 0.3) is 0 Å². The second kappa shape index (κ2) is 52.4. The largest absolute Gasteiger partial charge is 0.472 e. The van der Waals surface area contributed by atoms with Crippen molar-refractivity contribution in [1.82, 2.24) is 0 Å². The summed E-state index contributed by atoms with van der Waals surface area (Å²) in [6.45, 7) is 3.82. The SMILES string of the molecule is CCCCCCCCCCCCCCCCCCCCCCCCC(=O)OCC(COP(=O)(O)OCCN)OC(=O)CCCCCCCCCCCCCCCCCCCCCCCC. The number of nitrogens with two attached hydrogens (primary N) is 1. The van der Waals surface area contributed by atoms with Gasteiger partial charge in [0.2, 0.25) is 0 Å². The highest BCUT2D eigenvalue weighted by Gasteiger charge is 2.26. The molecule has 2 unspecified atom stereocenters. The molecule has 0 fully saturated rings. The lowest BCUT2D eigenvalue weighted by Gasteiger charge is -2.19. The maximum absolute atomic E-state index is 12.7. The van der Waals surface area contributed by atoms with Gasteiger partial charge in [-0.3, -0.25) is 18.6 Å². The van der Waals surface area contributed by atoms with E-state index >= 15 is 0 Å². The number of unbranched alkanes of at least 4 members (excludes halogenated alkanes) is 42. The summed E-state index contributed by atoms with van der Waals surface area (Å²) in [5.74, 6) is -0.802. The predicted molar refractivity (Wildman–Crippen MR) is 275 cm³/mol. The van der Waals surface area contributed by atoms with Gasteiger partial charge in [0, 0.05) is 19.4 Å². The van der Waals surface area contributed by atoms with E-state index in [-0.39, 0.29) is 38.6 Å². The predicted octanol–water partition coefficient (Wildman–Crippen LogP) is 17.5. The van der Waals surface area contributed by atoms with E-state index in [1.807, 2.05) is 0 Å². The Labute approximate surface area is 403 Å². The van der Waals surface area contributed by atoms with Crippen molar-refractivity contribution in [3.05, 3.63) is 0 Å². The molecule has 0 bridgehead atoms. The average molecular weight is 944 g/mol. The van der Waals surface area contributed by atoms with Crippen molar-refractivity contribution >= 4 is 19.8 Å². The number of rotatable bonds is 55. The molecule has 0 radical (unpaired) electrons. The topological polar surface area (TPSA) is 134 Å². The molecule has 0 rings (SSSR count). The highest BCUT2D eigenvalue weighted by Crippen LogP contribution is 2.43. The minimum absolute atomic E-state index is 0.0586. The first-order valence-corrected chi connectivity index (χ1v) is 30.0. The Hall–Kier alpha value is -0.990. The van der Waals surface area contributed by atoms with Gasteiger partial charge >= 0.3 is 19.8 Å². The molecule has 9 nitrogen and oxygen atoms in total. The molecule has 0 spiro atoms. The van der Waals surface area contributed by atoms with Crippen molar-refractivity contribution in [3.63, 3.8) is 0 Å². The number of phosphoric ester groups is 1. The average Bonchev–Trinajstić information content (AvgIpc) is 3.30. The van der Waals surface area contributed by atoms with Gasteiger partial charge in [0.1, 0.15) is 6.61 Å². The molecule has 0 aliphatic carbocycles. The number of hydrogen-bond acceptors (Lipinski definition) is 8. The molecule has 0 aliphatic rings. The highest BCUT2D eigenvalue weighted by molar-refractivity contribution is 7.47. The van der Waals surface area contributed by atoms with Crippen molar-refractivity contribution in [3.8, 4) is 0 Å². The fourth-order valence-corrected chi connectivity index (χ4v) is 9.52. The van der Waals surface area contributed by atoms with E-state index in [2.05, 4.69) is 13.8 Å². The summed E-state index contributed by atoms with van der Waals surface area (Å²) >= 11 is 0. The van der Waals surface area contributed by atoms with Gasteiger partial charge in [-0.05, 0) is 12.8 Å². The van der Waals surface area contributed by atoms with E-state index in [0.29, 0.717) is 6.42 Å². The fourth-order valence-electron chi connectivity index (χ4n) is 8.76. The first-order valence-electron chi connectivity index (χ1n) is 28.5. The van der Waals surface area contributed by atoms with Crippen molar-refractivity contribution < 1.29 is 37.6 Å². The number of carbonyl (C=O) groups excluding carboxylic acids is 2. The monoisotopic (exact) mass is 944 g/mol. The molecule has 0 aromatic carbocycles. The van der Waals surface area contributed by atoms with E-state index in [4.69, 9.17) is 24.3 Å². The lowest BCUT2D eigenvalue weighted by molar-refractivity contribution is -0.161. The van der Waals surface area contributed by atoms with Gasteiger partial charge in [0.25, 0.3) is 0 Å². The molecular formula is C55H110NO8P. The van der Waals surface area contributed by atoms with Gasteiger partial charge in [0.05, 0.1) is 13.2 Å². The van der Waals surface area contributed by atoms with E-state index in [1.165, 1.54) is 244 Å². The fraction of sp³-hybridized carbons (Fsp3) is 0.964. The number of ether oxygens (including phenoxy) is 2. The summed E-state index contributed by atoms with van der Waals surface area (Å²) < 4.78 is 33.0. The standard InChI is InChI=1S/C55H110NO8P/c1-3-5-7-9-11-13-15-17-19-21-23-25-27-29-31-33-35-37-39-41-43-45-47-54(57)61-51-53(52-63-65(59,60)62-50-49-56)64-55(58)48-46-44-42-40-38-36-34-32-30-28-26-24-22-20-18-16-14-12-10-8-6-4-2/h53H,3-52,56H2,1-2H3,(H,59,60). The van der Waals surface area contributed by atoms with Crippen LogP contribution in [0.5, 0.6) is 0 Å². The number of esters is 2. The van der Waals surface area contributed by atoms with Crippen LogP contribution in [-0.4, -0.2) is 49.3 Å². The number of carbonyl (C=O) groups is 2. The van der Waals surface area contributed by atoms with Gasteiger partial charge in [-0.15, -0.1) is 0 Å². The molecule has 0 saturated heterocycles. The van der Waals surface area contributed by atoms with Crippen molar-refractivity contribution in [1.29, 1.82) is 0 Å². The molecule has 0 aromatic rings. The molecule has 0 aromatic heterocycles. The van der Waals surface area contributed by atoms with Crippen LogP contribution in [0.3, 0.4) is 0 Å². The third-order valence-electron chi connectivity index (χ3n) is 13.0. The van der Waals surface area contributed by atoms with Crippen LogP contribution in [0.15, 0.2) is 0 Å². The van der Waals surface area contributed by atoms with Crippen LogP contribution in [0.4, 0.5) is 0 Å². The third kappa shape index (κ3) is 52.2. The Kier molecular flexibility index (Phi) is 51.6. The van der Waals surface area contributed by atoms with E-state index in [0.717, 1.165) is 32.1 Å². The molecule has 0 heterocycles. The summed E-state index contributed by atoms with van der Waals surface area (Å²) in [4.78, 5) is 35.1. The first kappa shape index (κ1) is 64.0. The molecule has 10 heteroatoms. The van der Waals surface area contributed by atoms with Gasteiger partial charge in [-0.1, -0.05) is 284 Å². The van der Waals surface area contributed by atoms with Crippen LogP contribution in [-0.2, 0) is 32.7 Å². The molecule has 0 saturated carbocycles. The van der Waals surface area contributed by atoms with Gasteiger partial charge in [-0.2, -0.15) is 0 Å². The molecule has 2 atom stereocenters. The van der Waals surface area contributed by atoms with Crippen LogP contribution < -0.4 is 5.73 Å². The molecule has 65 heavy (non-hydrogen) atoms. The minimum Gasteiger partial charge on any atom is -0.462 e. The van der Waals surface area contributed by atoms with Gasteiger partial charge in [-0.25, -0.2) is 4.57 Å². The van der Waals surface area contributed by atoms with Gasteiger partial charge < -0.3 is 20.1 Å². The van der Waals surface area contributed by atoms with E-state index in [1.54, 1.807) is 0 Å². The molecule has 388 valence electrons. The first-order chi connectivity index (χ1) is 31.8. The van der Waals surface area contributed by atoms with Crippen molar-refractivity contribution in [2.24, 2.45) is 5.73 Å². The summed E-state index contributed by atoms with van der Waals surface area (Å²) in [6, 6.07) is 0. The Morgan fingerprint density at radius 3 is 0.938 bits per heavy atom. The Bertz CT molecular complexity index is 1030. The second-order valence-corrected chi connectivity index (χ2v) is 21.0. The maximum atomic E-state index is 12.7. The van der Waals surface area contributed by atoms with Crippen LogP contribution in [0.2, 0.25) is 0 Å². The Morgan fingerprint density at radius 1 is 0.400 bits per heavy atom. The van der Waals surface area contributed by atoms with Crippen molar-refractivity contribution in [2.45, 2.75) is 315 Å². The molecule has 0 amide bonds.